The SMILES string of the molecule is C[C@H](C(=O)NCc1cccs1)S(=O)(=O)C1CCCC1. The number of carbonyl (C=O) groups excluding carboxylic acids is 1. The third-order valence-corrected chi connectivity index (χ3v) is 7.12. The van der Waals surface area contributed by atoms with Crippen molar-refractivity contribution in [3.05, 3.63) is 22.4 Å². The van der Waals surface area contributed by atoms with Crippen LogP contribution < -0.4 is 5.32 Å². The molecule has 1 heterocycles. The van der Waals surface area contributed by atoms with Crippen LogP contribution in [0.2, 0.25) is 0 Å². The van der Waals surface area contributed by atoms with E-state index in [2.05, 4.69) is 5.32 Å². The summed E-state index contributed by atoms with van der Waals surface area (Å²) in [4.78, 5) is 13.0. The summed E-state index contributed by atoms with van der Waals surface area (Å²) in [6, 6.07) is 3.83. The molecule has 2 rings (SSSR count). The van der Waals surface area contributed by atoms with E-state index in [9.17, 15) is 13.2 Å². The van der Waals surface area contributed by atoms with Crippen molar-refractivity contribution in [2.24, 2.45) is 0 Å². The van der Waals surface area contributed by atoms with E-state index in [1.165, 1.54) is 6.92 Å². The number of thiophene rings is 1. The van der Waals surface area contributed by atoms with Gasteiger partial charge in [0.2, 0.25) is 5.91 Å². The van der Waals surface area contributed by atoms with Gasteiger partial charge in [-0.15, -0.1) is 11.3 Å². The summed E-state index contributed by atoms with van der Waals surface area (Å²) in [6.07, 6.45) is 3.30. The molecular weight excluding hydrogens is 282 g/mol. The molecule has 0 aromatic carbocycles. The standard InChI is InChI=1S/C13H19NO3S2/c1-10(19(16,17)12-6-2-3-7-12)13(15)14-9-11-5-4-8-18-11/h4-5,8,10,12H,2-3,6-7,9H2,1H3,(H,14,15)/t10-/m1/s1. The first-order valence-electron chi connectivity index (χ1n) is 6.54. The summed E-state index contributed by atoms with van der Waals surface area (Å²) < 4.78 is 24.6. The first-order valence-corrected chi connectivity index (χ1v) is 9.03. The molecule has 19 heavy (non-hydrogen) atoms. The fourth-order valence-electron chi connectivity index (χ4n) is 2.39. The molecule has 106 valence electrons. The van der Waals surface area contributed by atoms with E-state index >= 15 is 0 Å². The minimum atomic E-state index is -3.34. The second-order valence-corrected chi connectivity index (χ2v) is 8.52. The lowest BCUT2D eigenvalue weighted by atomic mass is 10.4. The lowest BCUT2D eigenvalue weighted by Gasteiger charge is -2.17. The lowest BCUT2D eigenvalue weighted by Crippen LogP contribution is -2.41. The van der Waals surface area contributed by atoms with E-state index in [-0.39, 0.29) is 11.2 Å². The minimum Gasteiger partial charge on any atom is -0.350 e. The molecule has 0 unspecified atom stereocenters. The minimum absolute atomic E-state index is 0.324. The van der Waals surface area contributed by atoms with Crippen molar-refractivity contribution in [2.45, 2.75) is 49.7 Å². The molecule has 1 fully saturated rings. The highest BCUT2D eigenvalue weighted by Gasteiger charge is 2.36. The molecule has 1 amide bonds. The van der Waals surface area contributed by atoms with Crippen molar-refractivity contribution in [3.8, 4) is 0 Å². The zero-order chi connectivity index (χ0) is 13.9. The van der Waals surface area contributed by atoms with Crippen LogP contribution in [-0.4, -0.2) is 24.8 Å². The predicted octanol–water partition coefficient (Wildman–Crippen LogP) is 2.11. The Hall–Kier alpha value is -0.880. The smallest absolute Gasteiger partial charge is 0.238 e. The van der Waals surface area contributed by atoms with Gasteiger partial charge in [0.05, 0.1) is 11.8 Å². The van der Waals surface area contributed by atoms with Crippen LogP contribution in [0.1, 0.15) is 37.5 Å². The van der Waals surface area contributed by atoms with E-state index in [1.807, 2.05) is 17.5 Å². The van der Waals surface area contributed by atoms with E-state index in [1.54, 1.807) is 11.3 Å². The number of hydrogen-bond donors (Lipinski definition) is 1. The monoisotopic (exact) mass is 301 g/mol. The van der Waals surface area contributed by atoms with Crippen LogP contribution in [0.25, 0.3) is 0 Å². The van der Waals surface area contributed by atoms with Crippen molar-refractivity contribution in [1.29, 1.82) is 0 Å². The van der Waals surface area contributed by atoms with Gasteiger partial charge in [-0.3, -0.25) is 4.79 Å². The largest absolute Gasteiger partial charge is 0.350 e. The molecule has 1 atom stereocenters. The topological polar surface area (TPSA) is 63.2 Å². The van der Waals surface area contributed by atoms with E-state index in [0.29, 0.717) is 19.4 Å². The Bertz CT molecular complexity index is 516. The molecule has 0 aliphatic heterocycles. The number of hydrogen-bond acceptors (Lipinski definition) is 4. The highest BCUT2D eigenvalue weighted by atomic mass is 32.2. The van der Waals surface area contributed by atoms with Gasteiger partial charge < -0.3 is 5.32 Å². The second kappa shape index (κ2) is 6.05. The van der Waals surface area contributed by atoms with Crippen LogP contribution >= 0.6 is 11.3 Å². The van der Waals surface area contributed by atoms with Crippen molar-refractivity contribution in [3.63, 3.8) is 0 Å². The summed E-state index contributed by atoms with van der Waals surface area (Å²) in [5, 5.41) is 3.36. The summed E-state index contributed by atoms with van der Waals surface area (Å²) in [6.45, 7) is 1.90. The second-order valence-electron chi connectivity index (χ2n) is 4.93. The zero-order valence-corrected chi connectivity index (χ0v) is 12.6. The van der Waals surface area contributed by atoms with Crippen molar-refractivity contribution < 1.29 is 13.2 Å². The van der Waals surface area contributed by atoms with E-state index in [4.69, 9.17) is 0 Å². The van der Waals surface area contributed by atoms with Crippen LogP contribution in [-0.2, 0) is 21.2 Å². The highest BCUT2D eigenvalue weighted by molar-refractivity contribution is 7.93. The van der Waals surface area contributed by atoms with Gasteiger partial charge in [0.15, 0.2) is 9.84 Å². The van der Waals surface area contributed by atoms with Crippen molar-refractivity contribution >= 4 is 27.1 Å². The molecule has 0 spiro atoms. The number of rotatable bonds is 5. The van der Waals surface area contributed by atoms with Gasteiger partial charge in [0.1, 0.15) is 5.25 Å². The fraction of sp³-hybridized carbons (Fsp3) is 0.615. The van der Waals surface area contributed by atoms with E-state index < -0.39 is 15.1 Å². The molecule has 0 radical (unpaired) electrons. The molecule has 1 aromatic heterocycles. The van der Waals surface area contributed by atoms with Gasteiger partial charge in [-0.2, -0.15) is 0 Å². The molecule has 1 aliphatic rings. The lowest BCUT2D eigenvalue weighted by molar-refractivity contribution is -0.120. The number of nitrogens with one attached hydrogen (secondary N) is 1. The van der Waals surface area contributed by atoms with Gasteiger partial charge >= 0.3 is 0 Å². The van der Waals surface area contributed by atoms with Crippen LogP contribution in [0.4, 0.5) is 0 Å². The average molecular weight is 301 g/mol. The molecule has 1 saturated carbocycles. The molecular formula is C13H19NO3S2. The Labute approximate surface area is 118 Å². The number of sulfone groups is 1. The Morgan fingerprint density at radius 3 is 2.74 bits per heavy atom. The summed E-state index contributed by atoms with van der Waals surface area (Å²) in [5.41, 5.74) is 0. The van der Waals surface area contributed by atoms with Crippen LogP contribution in [0, 0.1) is 0 Å². The van der Waals surface area contributed by atoms with Gasteiger partial charge in [0, 0.05) is 4.88 Å². The Morgan fingerprint density at radius 1 is 1.47 bits per heavy atom. The third-order valence-electron chi connectivity index (χ3n) is 3.65. The highest BCUT2D eigenvalue weighted by Crippen LogP contribution is 2.27. The summed E-state index contributed by atoms with van der Waals surface area (Å²) in [7, 11) is -3.34. The summed E-state index contributed by atoms with van der Waals surface area (Å²) in [5.74, 6) is -0.389. The Morgan fingerprint density at radius 2 is 2.16 bits per heavy atom. The molecule has 0 saturated heterocycles. The first kappa shape index (κ1) is 14.5. The van der Waals surface area contributed by atoms with Crippen molar-refractivity contribution in [1.82, 2.24) is 5.32 Å². The van der Waals surface area contributed by atoms with Gasteiger partial charge in [-0.25, -0.2) is 8.42 Å². The molecule has 1 aromatic rings. The fourth-order valence-corrected chi connectivity index (χ4v) is 4.98. The zero-order valence-electron chi connectivity index (χ0n) is 11.0. The molecule has 4 nitrogen and oxygen atoms in total. The Balaban J connectivity index is 1.94. The average Bonchev–Trinajstić information content (AvgIpc) is 3.07. The Kier molecular flexibility index (Phi) is 4.62. The van der Waals surface area contributed by atoms with Gasteiger partial charge in [0.25, 0.3) is 0 Å². The van der Waals surface area contributed by atoms with Crippen LogP contribution in [0.3, 0.4) is 0 Å². The maximum atomic E-state index is 12.3. The normalized spacial score (nSPS) is 18.4. The predicted molar refractivity (Wildman–Crippen MR) is 76.8 cm³/mol. The van der Waals surface area contributed by atoms with E-state index in [0.717, 1.165) is 17.7 Å². The van der Waals surface area contributed by atoms with Crippen molar-refractivity contribution in [2.75, 3.05) is 0 Å². The molecule has 1 aliphatic carbocycles. The first-order chi connectivity index (χ1) is 9.01. The third kappa shape index (κ3) is 3.36. The van der Waals surface area contributed by atoms with Gasteiger partial charge in [-0.1, -0.05) is 18.9 Å². The van der Waals surface area contributed by atoms with Crippen LogP contribution in [0.5, 0.6) is 0 Å². The van der Waals surface area contributed by atoms with Crippen LogP contribution in [0.15, 0.2) is 17.5 Å². The molecule has 6 heteroatoms. The maximum absolute atomic E-state index is 12.3. The number of amides is 1. The maximum Gasteiger partial charge on any atom is 0.238 e. The summed E-state index contributed by atoms with van der Waals surface area (Å²) >= 11 is 1.55. The van der Waals surface area contributed by atoms with Gasteiger partial charge in [-0.05, 0) is 31.2 Å². The molecule has 0 bridgehead atoms. The number of carbonyl (C=O) groups is 1. The quantitative estimate of drug-likeness (QED) is 0.906. The molecule has 1 N–H and O–H groups in total.